The molecular formula is C20H24N2O3S. The zero-order valence-electron chi connectivity index (χ0n) is 14.9. The molecule has 2 aromatic rings. The van der Waals surface area contributed by atoms with Gasteiger partial charge >= 0.3 is 0 Å². The Balaban J connectivity index is 1.56. The zero-order valence-corrected chi connectivity index (χ0v) is 15.7. The molecule has 1 aromatic carbocycles. The number of benzene rings is 1. The number of hydrogen-bond acceptors (Lipinski definition) is 4. The molecule has 0 bridgehead atoms. The molecule has 26 heavy (non-hydrogen) atoms. The van der Waals surface area contributed by atoms with Gasteiger partial charge in [0.25, 0.3) is 5.91 Å². The number of carbonyl (C=O) groups is 2. The number of ether oxygens (including phenoxy) is 1. The predicted octanol–water partition coefficient (Wildman–Crippen LogP) is 3.77. The van der Waals surface area contributed by atoms with Crippen molar-refractivity contribution in [1.82, 2.24) is 0 Å². The maximum absolute atomic E-state index is 12.3. The first-order valence-electron chi connectivity index (χ1n) is 8.96. The second-order valence-corrected chi connectivity index (χ2v) is 7.84. The molecule has 1 atom stereocenters. The lowest BCUT2D eigenvalue weighted by Gasteiger charge is -2.18. The first-order chi connectivity index (χ1) is 12.5. The van der Waals surface area contributed by atoms with Gasteiger partial charge in [0.1, 0.15) is 10.8 Å². The highest BCUT2D eigenvalue weighted by molar-refractivity contribution is 7.17. The number of hydrogen-bond donors (Lipinski definition) is 2. The quantitative estimate of drug-likeness (QED) is 0.726. The number of rotatable bonds is 7. The van der Waals surface area contributed by atoms with Crippen molar-refractivity contribution in [3.63, 3.8) is 0 Å². The smallest absolute Gasteiger partial charge is 0.251 e. The van der Waals surface area contributed by atoms with Crippen LogP contribution >= 0.6 is 11.3 Å². The van der Waals surface area contributed by atoms with Gasteiger partial charge in [-0.15, -0.1) is 11.3 Å². The maximum Gasteiger partial charge on any atom is 0.251 e. The van der Waals surface area contributed by atoms with Crippen LogP contribution in [-0.4, -0.2) is 18.4 Å². The highest BCUT2D eigenvalue weighted by Crippen LogP contribution is 2.39. The molecule has 0 aliphatic heterocycles. The van der Waals surface area contributed by atoms with Gasteiger partial charge < -0.3 is 15.8 Å². The van der Waals surface area contributed by atoms with Crippen LogP contribution < -0.4 is 15.8 Å². The number of fused-ring (bicyclic) bond motifs is 1. The minimum absolute atomic E-state index is 0.115. The summed E-state index contributed by atoms with van der Waals surface area (Å²) < 4.78 is 5.60. The normalized spacial score (nSPS) is 16.0. The fourth-order valence-electron chi connectivity index (χ4n) is 3.23. The molecule has 1 aliphatic carbocycles. The molecule has 0 radical (unpaired) electrons. The number of nitrogens with one attached hydrogen (secondary N) is 1. The third kappa shape index (κ3) is 4.43. The summed E-state index contributed by atoms with van der Waals surface area (Å²) in [4.78, 5) is 25.3. The second-order valence-electron chi connectivity index (χ2n) is 6.73. The highest BCUT2D eigenvalue weighted by Gasteiger charge is 2.27. The number of amides is 2. The Hall–Kier alpha value is -2.34. The van der Waals surface area contributed by atoms with Gasteiger partial charge in [0, 0.05) is 11.3 Å². The highest BCUT2D eigenvalue weighted by atomic mass is 32.1. The Labute approximate surface area is 157 Å². The summed E-state index contributed by atoms with van der Waals surface area (Å²) in [6, 6.07) is 9.52. The number of carbonyl (C=O) groups excluding carboxylic acids is 2. The van der Waals surface area contributed by atoms with E-state index in [1.165, 1.54) is 16.2 Å². The topological polar surface area (TPSA) is 81.4 Å². The van der Waals surface area contributed by atoms with Gasteiger partial charge in [-0.25, -0.2) is 0 Å². The van der Waals surface area contributed by atoms with E-state index >= 15 is 0 Å². The molecule has 0 spiro atoms. The monoisotopic (exact) mass is 372 g/mol. The Bertz CT molecular complexity index is 786. The first-order valence-corrected chi connectivity index (χ1v) is 9.78. The Kier molecular flexibility index (Phi) is 5.93. The van der Waals surface area contributed by atoms with Gasteiger partial charge in [-0.2, -0.15) is 0 Å². The number of anilines is 1. The Morgan fingerprint density at radius 3 is 2.81 bits per heavy atom. The maximum atomic E-state index is 12.3. The van der Waals surface area contributed by atoms with Crippen molar-refractivity contribution in [2.45, 2.75) is 39.0 Å². The zero-order chi connectivity index (χ0) is 18.5. The summed E-state index contributed by atoms with van der Waals surface area (Å²) in [5.41, 5.74) is 7.11. The summed E-state index contributed by atoms with van der Waals surface area (Å²) in [6.45, 7) is 2.68. The summed E-state index contributed by atoms with van der Waals surface area (Å²) >= 11 is 1.49. The van der Waals surface area contributed by atoms with Crippen LogP contribution in [0, 0.1) is 5.92 Å². The van der Waals surface area contributed by atoms with E-state index in [1.54, 1.807) is 0 Å². The molecule has 138 valence electrons. The van der Waals surface area contributed by atoms with Gasteiger partial charge in [-0.1, -0.05) is 25.1 Å². The number of primary amides is 1. The fraction of sp³-hybridized carbons (Fsp3) is 0.400. The standard InChI is InChI=1S/C20H24N2O3S/c1-13-9-10-15-16(12-13)26-20(18(15)19(21)24)22-17(23)8-5-11-25-14-6-3-2-4-7-14/h2-4,6-7,13H,5,8-12H2,1H3,(H2,21,24)(H,22,23)/t13-/m0/s1. The lowest BCUT2D eigenvalue weighted by molar-refractivity contribution is -0.116. The summed E-state index contributed by atoms with van der Waals surface area (Å²) in [6.07, 6.45) is 3.79. The second kappa shape index (κ2) is 8.36. The van der Waals surface area contributed by atoms with Crippen molar-refractivity contribution < 1.29 is 14.3 Å². The molecule has 1 heterocycles. The molecule has 1 aliphatic rings. The molecule has 6 heteroatoms. The number of nitrogens with two attached hydrogens (primary N) is 1. The summed E-state index contributed by atoms with van der Waals surface area (Å²) in [5, 5.41) is 3.49. The van der Waals surface area contributed by atoms with Gasteiger partial charge in [-0.05, 0) is 49.3 Å². The van der Waals surface area contributed by atoms with Crippen LogP contribution in [0.2, 0.25) is 0 Å². The minimum Gasteiger partial charge on any atom is -0.494 e. The average molecular weight is 372 g/mol. The molecule has 3 rings (SSSR count). The van der Waals surface area contributed by atoms with E-state index in [2.05, 4.69) is 12.2 Å². The molecule has 5 nitrogen and oxygen atoms in total. The van der Waals surface area contributed by atoms with E-state index in [9.17, 15) is 9.59 Å². The van der Waals surface area contributed by atoms with Crippen molar-refractivity contribution in [2.75, 3.05) is 11.9 Å². The third-order valence-electron chi connectivity index (χ3n) is 4.57. The third-order valence-corrected chi connectivity index (χ3v) is 5.74. The van der Waals surface area contributed by atoms with Crippen molar-refractivity contribution in [3.05, 3.63) is 46.3 Å². The van der Waals surface area contributed by atoms with E-state index in [0.717, 1.165) is 30.6 Å². The Morgan fingerprint density at radius 1 is 1.31 bits per heavy atom. The van der Waals surface area contributed by atoms with Crippen LogP contribution in [-0.2, 0) is 17.6 Å². The van der Waals surface area contributed by atoms with Crippen molar-refractivity contribution in [1.29, 1.82) is 0 Å². The van der Waals surface area contributed by atoms with E-state index in [1.807, 2.05) is 30.3 Å². The van der Waals surface area contributed by atoms with Crippen molar-refractivity contribution in [3.8, 4) is 5.75 Å². The largest absolute Gasteiger partial charge is 0.494 e. The van der Waals surface area contributed by atoms with E-state index in [-0.39, 0.29) is 5.91 Å². The molecular weight excluding hydrogens is 348 g/mol. The Morgan fingerprint density at radius 2 is 2.08 bits per heavy atom. The number of thiophene rings is 1. The molecule has 2 amide bonds. The molecule has 1 aromatic heterocycles. The lowest BCUT2D eigenvalue weighted by Crippen LogP contribution is -2.19. The number of para-hydroxylation sites is 1. The molecule has 3 N–H and O–H groups in total. The first kappa shape index (κ1) is 18.5. The van der Waals surface area contributed by atoms with E-state index < -0.39 is 5.91 Å². The van der Waals surface area contributed by atoms with Gasteiger partial charge in [0.05, 0.1) is 12.2 Å². The molecule has 0 unspecified atom stereocenters. The van der Waals surface area contributed by atoms with Crippen LogP contribution in [0.5, 0.6) is 5.75 Å². The SMILES string of the molecule is C[C@H]1CCc2c(sc(NC(=O)CCCOc3ccccc3)c2C(N)=O)C1. The van der Waals surface area contributed by atoms with Crippen LogP contribution in [0.3, 0.4) is 0 Å². The lowest BCUT2D eigenvalue weighted by atomic mass is 9.88. The van der Waals surface area contributed by atoms with Crippen LogP contribution in [0.1, 0.15) is 47.0 Å². The van der Waals surface area contributed by atoms with Crippen LogP contribution in [0.25, 0.3) is 0 Å². The molecule has 0 saturated heterocycles. The van der Waals surface area contributed by atoms with Crippen molar-refractivity contribution >= 4 is 28.2 Å². The fourth-order valence-corrected chi connectivity index (χ4v) is 4.66. The average Bonchev–Trinajstić information content (AvgIpc) is 2.96. The van der Waals surface area contributed by atoms with E-state index in [0.29, 0.717) is 35.9 Å². The van der Waals surface area contributed by atoms with E-state index in [4.69, 9.17) is 10.5 Å². The molecule has 0 saturated carbocycles. The summed E-state index contributed by atoms with van der Waals surface area (Å²) in [7, 11) is 0. The molecule has 0 fully saturated rings. The summed E-state index contributed by atoms with van der Waals surface area (Å²) in [5.74, 6) is 0.820. The van der Waals surface area contributed by atoms with Gasteiger partial charge in [0.2, 0.25) is 5.91 Å². The van der Waals surface area contributed by atoms with Gasteiger partial charge in [-0.3, -0.25) is 9.59 Å². The predicted molar refractivity (Wildman–Crippen MR) is 104 cm³/mol. The van der Waals surface area contributed by atoms with Crippen LogP contribution in [0.15, 0.2) is 30.3 Å². The van der Waals surface area contributed by atoms with Gasteiger partial charge in [0.15, 0.2) is 0 Å². The minimum atomic E-state index is -0.459. The van der Waals surface area contributed by atoms with Crippen molar-refractivity contribution in [2.24, 2.45) is 11.7 Å². The van der Waals surface area contributed by atoms with Crippen LogP contribution in [0.4, 0.5) is 5.00 Å².